The molecule has 0 saturated carbocycles. The Morgan fingerprint density at radius 2 is 2.12 bits per heavy atom. The number of nitrogens with zero attached hydrogens (tertiary/aromatic N) is 1. The molecule has 0 aromatic carbocycles. The van der Waals surface area contributed by atoms with Crippen molar-refractivity contribution >= 4 is 5.97 Å². The molecule has 0 spiro atoms. The van der Waals surface area contributed by atoms with Crippen LogP contribution in [-0.4, -0.2) is 53.5 Å². The number of hydrogen-bond donors (Lipinski definition) is 2. The Labute approximate surface area is 98.4 Å². The molecule has 17 heavy (non-hydrogen) atoms. The Morgan fingerprint density at radius 3 is 2.71 bits per heavy atom. The highest BCUT2D eigenvalue weighted by Gasteiger charge is 2.29. The molecule has 1 fully saturated rings. The predicted molar refractivity (Wildman–Crippen MR) is 57.3 cm³/mol. The molecule has 0 radical (unpaired) electrons. The van der Waals surface area contributed by atoms with E-state index in [9.17, 15) is 15.0 Å². The number of aliphatic hydroxyl groups excluding tert-OH is 2. The number of aliphatic hydroxyl groups is 2. The van der Waals surface area contributed by atoms with E-state index < -0.39 is 18.2 Å². The monoisotopic (exact) mass is 241 g/mol. The van der Waals surface area contributed by atoms with Crippen LogP contribution >= 0.6 is 0 Å². The number of esters is 1. The van der Waals surface area contributed by atoms with E-state index in [-0.39, 0.29) is 5.76 Å². The van der Waals surface area contributed by atoms with Gasteiger partial charge in [-0.2, -0.15) is 0 Å². The van der Waals surface area contributed by atoms with Gasteiger partial charge in [0.25, 0.3) is 0 Å². The molecule has 6 nitrogen and oxygen atoms in total. The molecule has 1 aromatic rings. The van der Waals surface area contributed by atoms with Crippen molar-refractivity contribution in [3.63, 3.8) is 0 Å². The zero-order valence-electron chi connectivity index (χ0n) is 9.50. The summed E-state index contributed by atoms with van der Waals surface area (Å²) in [7, 11) is 1.29. The number of rotatable bonds is 3. The van der Waals surface area contributed by atoms with Crippen LogP contribution in [0.25, 0.3) is 0 Å². The largest absolute Gasteiger partial charge is 0.463 e. The van der Waals surface area contributed by atoms with Crippen molar-refractivity contribution < 1.29 is 24.2 Å². The lowest BCUT2D eigenvalue weighted by Gasteiger charge is -2.11. The Hall–Kier alpha value is -1.37. The van der Waals surface area contributed by atoms with Crippen molar-refractivity contribution in [3.8, 4) is 0 Å². The number of carbonyl (C=O) groups excluding carboxylic acids is 1. The summed E-state index contributed by atoms with van der Waals surface area (Å²) < 4.78 is 9.82. The lowest BCUT2D eigenvalue weighted by Crippen LogP contribution is -2.22. The molecule has 0 amide bonds. The lowest BCUT2D eigenvalue weighted by molar-refractivity contribution is 0.0561. The van der Waals surface area contributed by atoms with Gasteiger partial charge < -0.3 is 19.4 Å². The Morgan fingerprint density at radius 1 is 1.47 bits per heavy atom. The summed E-state index contributed by atoms with van der Waals surface area (Å²) in [6, 6.07) is 3.23. The quantitative estimate of drug-likeness (QED) is 0.701. The molecule has 2 heterocycles. The van der Waals surface area contributed by atoms with Gasteiger partial charge in [-0.15, -0.1) is 0 Å². The van der Waals surface area contributed by atoms with E-state index in [2.05, 4.69) is 4.74 Å². The van der Waals surface area contributed by atoms with Crippen molar-refractivity contribution in [2.24, 2.45) is 0 Å². The number of furan rings is 1. The van der Waals surface area contributed by atoms with E-state index in [1.165, 1.54) is 7.11 Å². The van der Waals surface area contributed by atoms with Crippen LogP contribution in [0.15, 0.2) is 16.5 Å². The number of β-amino-alcohol motifs (C(OH)–C–C–N with tert-alkyl or cyclic N) is 2. The van der Waals surface area contributed by atoms with Crippen LogP contribution < -0.4 is 0 Å². The van der Waals surface area contributed by atoms with Crippen molar-refractivity contribution in [2.45, 2.75) is 18.8 Å². The minimum Gasteiger partial charge on any atom is -0.463 e. The maximum atomic E-state index is 11.2. The van der Waals surface area contributed by atoms with Crippen LogP contribution in [0.3, 0.4) is 0 Å². The zero-order chi connectivity index (χ0) is 12.4. The molecule has 1 aliphatic rings. The van der Waals surface area contributed by atoms with E-state index in [1.807, 2.05) is 4.90 Å². The molecular weight excluding hydrogens is 226 g/mol. The highest BCUT2D eigenvalue weighted by molar-refractivity contribution is 5.86. The summed E-state index contributed by atoms with van der Waals surface area (Å²) in [6.07, 6.45) is -1.44. The molecule has 94 valence electrons. The fraction of sp³-hybridized carbons (Fsp3) is 0.545. The van der Waals surface area contributed by atoms with Gasteiger partial charge in [-0.05, 0) is 12.1 Å². The minimum atomic E-state index is -0.718. The Balaban J connectivity index is 1.96. The Bertz CT molecular complexity index is 392. The van der Waals surface area contributed by atoms with Crippen molar-refractivity contribution in [1.82, 2.24) is 4.90 Å². The van der Waals surface area contributed by atoms with Gasteiger partial charge in [0.1, 0.15) is 5.76 Å². The normalized spacial score (nSPS) is 25.1. The van der Waals surface area contributed by atoms with Crippen molar-refractivity contribution in [2.75, 3.05) is 20.2 Å². The second kappa shape index (κ2) is 4.87. The van der Waals surface area contributed by atoms with Gasteiger partial charge in [0.2, 0.25) is 5.76 Å². The van der Waals surface area contributed by atoms with E-state index >= 15 is 0 Å². The summed E-state index contributed by atoms with van der Waals surface area (Å²) in [5, 5.41) is 18.8. The second-order valence-electron chi connectivity index (χ2n) is 4.09. The SMILES string of the molecule is COC(=O)c1ccc(CN2CC(O)C(O)C2)o1. The second-order valence-corrected chi connectivity index (χ2v) is 4.09. The number of carbonyl (C=O) groups is 1. The molecule has 2 N–H and O–H groups in total. The number of hydrogen-bond acceptors (Lipinski definition) is 6. The highest BCUT2D eigenvalue weighted by atomic mass is 16.5. The van der Waals surface area contributed by atoms with E-state index in [0.29, 0.717) is 25.4 Å². The number of likely N-dealkylation sites (tertiary alicyclic amines) is 1. The fourth-order valence-electron chi connectivity index (χ4n) is 1.87. The van der Waals surface area contributed by atoms with Gasteiger partial charge in [0.05, 0.1) is 25.9 Å². The maximum Gasteiger partial charge on any atom is 0.373 e. The molecule has 0 bridgehead atoms. The Kier molecular flexibility index (Phi) is 3.46. The first-order valence-corrected chi connectivity index (χ1v) is 5.35. The van der Waals surface area contributed by atoms with Crippen molar-refractivity contribution in [3.05, 3.63) is 23.7 Å². The van der Waals surface area contributed by atoms with E-state index in [4.69, 9.17) is 4.42 Å². The van der Waals surface area contributed by atoms with Crippen LogP contribution in [-0.2, 0) is 11.3 Å². The first-order chi connectivity index (χ1) is 8.10. The topological polar surface area (TPSA) is 83.1 Å². The lowest BCUT2D eigenvalue weighted by atomic mass is 10.3. The van der Waals surface area contributed by atoms with Gasteiger partial charge >= 0.3 is 5.97 Å². The molecule has 2 rings (SSSR count). The first-order valence-electron chi connectivity index (χ1n) is 5.35. The summed E-state index contributed by atoms with van der Waals surface area (Å²) in [5.41, 5.74) is 0. The van der Waals surface area contributed by atoms with E-state index in [1.54, 1.807) is 12.1 Å². The van der Waals surface area contributed by atoms with Crippen LogP contribution in [0.5, 0.6) is 0 Å². The first kappa shape index (κ1) is 12.1. The third-order valence-corrected chi connectivity index (χ3v) is 2.76. The summed E-state index contributed by atoms with van der Waals surface area (Å²) in [5.74, 6) is 0.243. The van der Waals surface area contributed by atoms with Crippen molar-refractivity contribution in [1.29, 1.82) is 0 Å². The van der Waals surface area contributed by atoms with Gasteiger partial charge in [-0.3, -0.25) is 4.90 Å². The summed E-state index contributed by atoms with van der Waals surface area (Å²) in [6.45, 7) is 1.25. The average Bonchev–Trinajstić information content (AvgIpc) is 2.87. The zero-order valence-corrected chi connectivity index (χ0v) is 9.50. The standard InChI is InChI=1S/C11H15NO5/c1-16-11(15)10-3-2-7(17-10)4-12-5-8(13)9(14)6-12/h2-3,8-9,13-14H,4-6H2,1H3. The van der Waals surface area contributed by atoms with Crippen LogP contribution in [0, 0.1) is 0 Å². The molecule has 1 aliphatic heterocycles. The molecule has 1 aromatic heterocycles. The number of ether oxygens (including phenoxy) is 1. The maximum absolute atomic E-state index is 11.2. The molecule has 2 atom stereocenters. The van der Waals surface area contributed by atoms with Gasteiger partial charge in [-0.1, -0.05) is 0 Å². The highest BCUT2D eigenvalue weighted by Crippen LogP contribution is 2.16. The van der Waals surface area contributed by atoms with Crippen LogP contribution in [0.4, 0.5) is 0 Å². The fourth-order valence-corrected chi connectivity index (χ4v) is 1.87. The predicted octanol–water partition coefficient (Wildman–Crippen LogP) is -0.396. The third-order valence-electron chi connectivity index (χ3n) is 2.76. The van der Waals surface area contributed by atoms with E-state index in [0.717, 1.165) is 0 Å². The molecule has 2 unspecified atom stereocenters. The molecular formula is C11H15NO5. The van der Waals surface area contributed by atoms with Crippen LogP contribution in [0.2, 0.25) is 0 Å². The third kappa shape index (κ3) is 2.66. The van der Waals surface area contributed by atoms with Gasteiger partial charge in [-0.25, -0.2) is 4.79 Å². The van der Waals surface area contributed by atoms with Gasteiger partial charge in [0, 0.05) is 13.1 Å². The number of methoxy groups -OCH3 is 1. The average molecular weight is 241 g/mol. The molecule has 6 heteroatoms. The summed E-state index contributed by atoms with van der Waals surface area (Å²) in [4.78, 5) is 13.0. The van der Waals surface area contributed by atoms with Crippen LogP contribution in [0.1, 0.15) is 16.3 Å². The minimum absolute atomic E-state index is 0.155. The molecule has 1 saturated heterocycles. The van der Waals surface area contributed by atoms with Gasteiger partial charge in [0.15, 0.2) is 0 Å². The molecule has 0 aliphatic carbocycles. The summed E-state index contributed by atoms with van der Waals surface area (Å²) >= 11 is 0. The smallest absolute Gasteiger partial charge is 0.373 e.